The van der Waals surface area contributed by atoms with Crippen LogP contribution in [0.5, 0.6) is 0 Å². The third kappa shape index (κ3) is 9.73. The Morgan fingerprint density at radius 1 is 1.12 bits per heavy atom. The zero-order chi connectivity index (χ0) is 13.1. The summed E-state index contributed by atoms with van der Waals surface area (Å²) in [7, 11) is 0. The maximum absolute atomic E-state index is 11.0. The topological polar surface area (TPSA) is 102 Å². The van der Waals surface area contributed by atoms with E-state index < -0.39 is 24.5 Å². The highest BCUT2D eigenvalue weighted by atomic mass is 16.6. The van der Waals surface area contributed by atoms with Gasteiger partial charge in [-0.05, 0) is 6.92 Å². The third-order valence-electron chi connectivity index (χ3n) is 1.71. The first-order valence-corrected chi connectivity index (χ1v) is 5.30. The van der Waals surface area contributed by atoms with Gasteiger partial charge in [0.25, 0.3) is 0 Å². The minimum atomic E-state index is -1.72. The van der Waals surface area contributed by atoms with Gasteiger partial charge in [-0.1, -0.05) is 0 Å². The van der Waals surface area contributed by atoms with E-state index in [1.54, 1.807) is 0 Å². The van der Waals surface area contributed by atoms with E-state index in [1.807, 2.05) is 6.92 Å². The van der Waals surface area contributed by atoms with E-state index in [4.69, 9.17) is 19.7 Å². The Balaban J connectivity index is 3.36. The van der Waals surface area contributed by atoms with Crippen LogP contribution in [0.3, 0.4) is 0 Å². The number of rotatable bonds is 10. The Morgan fingerprint density at radius 3 is 2.29 bits per heavy atom. The van der Waals surface area contributed by atoms with Crippen LogP contribution in [0.2, 0.25) is 0 Å². The summed E-state index contributed by atoms with van der Waals surface area (Å²) in [6.45, 7) is 3.60. The van der Waals surface area contributed by atoms with Crippen molar-refractivity contribution < 1.29 is 34.0 Å². The van der Waals surface area contributed by atoms with Crippen molar-refractivity contribution in [2.45, 2.75) is 19.4 Å². The van der Waals surface area contributed by atoms with E-state index >= 15 is 0 Å². The molecule has 0 bridgehead atoms. The standard InChI is InChI=1S/C10H18O7/c1-2-15-3-4-16-5-6-17-9(12)7-8(11)10(13)14/h8,11H,2-7H2,1H3,(H,13,14). The van der Waals surface area contributed by atoms with Crippen molar-refractivity contribution in [3.63, 3.8) is 0 Å². The Morgan fingerprint density at radius 2 is 1.71 bits per heavy atom. The summed E-state index contributed by atoms with van der Waals surface area (Å²) < 4.78 is 14.7. The van der Waals surface area contributed by atoms with Gasteiger partial charge in [-0.2, -0.15) is 0 Å². The van der Waals surface area contributed by atoms with Crippen molar-refractivity contribution in [3.8, 4) is 0 Å². The van der Waals surface area contributed by atoms with Crippen molar-refractivity contribution in [1.82, 2.24) is 0 Å². The molecule has 0 aliphatic carbocycles. The monoisotopic (exact) mass is 250 g/mol. The third-order valence-corrected chi connectivity index (χ3v) is 1.71. The van der Waals surface area contributed by atoms with Crippen molar-refractivity contribution >= 4 is 11.9 Å². The van der Waals surface area contributed by atoms with Gasteiger partial charge in [0.15, 0.2) is 6.10 Å². The number of aliphatic carboxylic acids is 1. The number of carboxylic acids is 1. The molecule has 0 aromatic carbocycles. The molecule has 0 aromatic heterocycles. The van der Waals surface area contributed by atoms with Crippen LogP contribution in [0.25, 0.3) is 0 Å². The Bertz CT molecular complexity index is 229. The quantitative estimate of drug-likeness (QED) is 0.395. The number of aliphatic hydroxyl groups is 1. The highest BCUT2D eigenvalue weighted by molar-refractivity contribution is 5.80. The van der Waals surface area contributed by atoms with Crippen LogP contribution in [0.4, 0.5) is 0 Å². The van der Waals surface area contributed by atoms with Crippen molar-refractivity contribution in [2.24, 2.45) is 0 Å². The second-order valence-corrected chi connectivity index (χ2v) is 3.09. The summed E-state index contributed by atoms with van der Waals surface area (Å²) >= 11 is 0. The van der Waals surface area contributed by atoms with Crippen molar-refractivity contribution in [2.75, 3.05) is 33.0 Å². The normalized spacial score (nSPS) is 12.1. The van der Waals surface area contributed by atoms with Gasteiger partial charge in [0, 0.05) is 6.61 Å². The fraction of sp³-hybridized carbons (Fsp3) is 0.800. The largest absolute Gasteiger partial charge is 0.479 e. The summed E-state index contributed by atoms with van der Waals surface area (Å²) in [6.07, 6.45) is -2.28. The van der Waals surface area contributed by atoms with Crippen LogP contribution in [-0.4, -0.2) is 61.3 Å². The highest BCUT2D eigenvalue weighted by Gasteiger charge is 2.18. The predicted molar refractivity (Wildman–Crippen MR) is 56.5 cm³/mol. The first-order chi connectivity index (χ1) is 8.07. The van der Waals surface area contributed by atoms with Crippen molar-refractivity contribution in [1.29, 1.82) is 0 Å². The van der Waals surface area contributed by atoms with Gasteiger partial charge < -0.3 is 24.4 Å². The lowest BCUT2D eigenvalue weighted by Crippen LogP contribution is -2.25. The minimum Gasteiger partial charge on any atom is -0.479 e. The Kier molecular flexibility index (Phi) is 9.31. The van der Waals surface area contributed by atoms with Crippen LogP contribution in [0.1, 0.15) is 13.3 Å². The highest BCUT2D eigenvalue weighted by Crippen LogP contribution is 1.94. The molecule has 7 nitrogen and oxygen atoms in total. The number of esters is 1. The number of carbonyl (C=O) groups excluding carboxylic acids is 1. The lowest BCUT2D eigenvalue weighted by molar-refractivity contribution is -0.156. The zero-order valence-electron chi connectivity index (χ0n) is 9.76. The molecule has 1 atom stereocenters. The van der Waals surface area contributed by atoms with Crippen LogP contribution >= 0.6 is 0 Å². The van der Waals surface area contributed by atoms with Crippen LogP contribution in [-0.2, 0) is 23.8 Å². The number of hydrogen-bond acceptors (Lipinski definition) is 6. The lowest BCUT2D eigenvalue weighted by atomic mass is 10.2. The predicted octanol–water partition coefficient (Wildman–Crippen LogP) is -0.582. The molecule has 7 heteroatoms. The molecule has 0 heterocycles. The first-order valence-electron chi connectivity index (χ1n) is 5.30. The van der Waals surface area contributed by atoms with Gasteiger partial charge >= 0.3 is 11.9 Å². The van der Waals surface area contributed by atoms with Crippen LogP contribution in [0, 0.1) is 0 Å². The molecule has 1 unspecified atom stereocenters. The molecular formula is C10H18O7. The van der Waals surface area contributed by atoms with E-state index in [-0.39, 0.29) is 13.2 Å². The molecule has 0 amide bonds. The van der Waals surface area contributed by atoms with E-state index in [9.17, 15) is 9.59 Å². The average molecular weight is 250 g/mol. The molecule has 100 valence electrons. The lowest BCUT2D eigenvalue weighted by Gasteiger charge is -2.07. The fourth-order valence-electron chi connectivity index (χ4n) is 0.883. The van der Waals surface area contributed by atoms with E-state index in [2.05, 4.69) is 4.74 Å². The van der Waals surface area contributed by atoms with E-state index in [0.29, 0.717) is 19.8 Å². The molecule has 17 heavy (non-hydrogen) atoms. The first kappa shape index (κ1) is 15.8. The van der Waals surface area contributed by atoms with Gasteiger partial charge in [-0.25, -0.2) is 4.79 Å². The van der Waals surface area contributed by atoms with Gasteiger partial charge in [0.2, 0.25) is 0 Å². The SMILES string of the molecule is CCOCCOCCOC(=O)CC(O)C(=O)O. The minimum absolute atomic E-state index is 0.0251. The number of aliphatic hydroxyl groups excluding tert-OH is 1. The summed E-state index contributed by atoms with van der Waals surface area (Å²) in [6, 6.07) is 0. The van der Waals surface area contributed by atoms with Gasteiger partial charge in [0.1, 0.15) is 6.61 Å². The number of ether oxygens (including phenoxy) is 3. The summed E-state index contributed by atoms with van der Waals surface area (Å²) in [5, 5.41) is 17.2. The number of hydrogen-bond donors (Lipinski definition) is 2. The molecule has 0 spiro atoms. The van der Waals surface area contributed by atoms with Crippen LogP contribution < -0.4 is 0 Å². The molecule has 0 saturated carbocycles. The molecule has 0 fully saturated rings. The van der Waals surface area contributed by atoms with Crippen LogP contribution in [0.15, 0.2) is 0 Å². The maximum atomic E-state index is 11.0. The number of carbonyl (C=O) groups is 2. The van der Waals surface area contributed by atoms with E-state index in [1.165, 1.54) is 0 Å². The van der Waals surface area contributed by atoms with Gasteiger partial charge in [0.05, 0.1) is 26.2 Å². The summed E-state index contributed by atoms with van der Waals surface area (Å²) in [5.41, 5.74) is 0. The second kappa shape index (κ2) is 10.0. The zero-order valence-corrected chi connectivity index (χ0v) is 9.76. The van der Waals surface area contributed by atoms with Crippen molar-refractivity contribution in [3.05, 3.63) is 0 Å². The van der Waals surface area contributed by atoms with Gasteiger partial charge in [-0.3, -0.25) is 4.79 Å². The maximum Gasteiger partial charge on any atom is 0.333 e. The molecule has 2 N–H and O–H groups in total. The molecule has 0 aromatic rings. The smallest absolute Gasteiger partial charge is 0.333 e. The molecule has 0 aliphatic heterocycles. The summed E-state index contributed by atoms with van der Waals surface area (Å²) in [4.78, 5) is 21.2. The summed E-state index contributed by atoms with van der Waals surface area (Å²) in [5.74, 6) is -2.22. The molecule has 0 radical (unpaired) electrons. The molecule has 0 saturated heterocycles. The molecule has 0 aliphatic rings. The fourth-order valence-corrected chi connectivity index (χ4v) is 0.883. The Hall–Kier alpha value is -1.18. The second-order valence-electron chi connectivity index (χ2n) is 3.09. The van der Waals surface area contributed by atoms with E-state index in [0.717, 1.165) is 0 Å². The average Bonchev–Trinajstić information content (AvgIpc) is 2.27. The Labute approximate surface area is 99.3 Å². The molecule has 0 rings (SSSR count). The molecular weight excluding hydrogens is 232 g/mol. The van der Waals surface area contributed by atoms with Gasteiger partial charge in [-0.15, -0.1) is 0 Å². The number of carboxylic acid groups (broad SMARTS) is 1.